The summed E-state index contributed by atoms with van der Waals surface area (Å²) in [5.74, 6) is 0. The van der Waals surface area contributed by atoms with Crippen molar-refractivity contribution >= 4 is 206 Å². The fourth-order valence-electron chi connectivity index (χ4n) is 22.5. The van der Waals surface area contributed by atoms with Crippen molar-refractivity contribution < 1.29 is 17.7 Å². The van der Waals surface area contributed by atoms with Gasteiger partial charge in [-0.05, 0) is 213 Å². The van der Waals surface area contributed by atoms with Crippen molar-refractivity contribution in [3.63, 3.8) is 0 Å². The minimum absolute atomic E-state index is 0.908. The molecule has 0 fully saturated rings. The first-order valence-corrected chi connectivity index (χ1v) is 48.8. The molecule has 9 heteroatoms. The second-order valence-corrected chi connectivity index (χ2v) is 37.8. The van der Waals surface area contributed by atoms with Crippen LogP contribution in [-0.2, 0) is 0 Å². The smallest absolute Gasteiger partial charge is 0.145 e. The Morgan fingerprint density at radius 3 is 0.894 bits per heavy atom. The predicted octanol–water partition coefficient (Wildman–Crippen LogP) is 37.4. The normalized spacial score (nSPS) is 12.0. The van der Waals surface area contributed by atoms with Crippen LogP contribution in [0, 0.1) is 0 Å². The van der Waals surface area contributed by atoms with Crippen molar-refractivity contribution in [1.29, 1.82) is 0 Å². The fraction of sp³-hybridized carbons (Fsp3) is 0. The molecule has 8 nitrogen and oxygen atoms in total. The number of rotatable bonds is 10. The Labute approximate surface area is 811 Å². The average molecular weight is 1820 g/mol. The third-order valence-corrected chi connectivity index (χ3v) is 30.2. The maximum absolute atomic E-state index is 6.60. The van der Waals surface area contributed by atoms with Crippen LogP contribution >= 0.6 is 11.3 Å². The molecular weight excluding hydrogens is 1740 g/mol. The van der Waals surface area contributed by atoms with Crippen molar-refractivity contribution in [2.75, 3.05) is 0 Å². The molecule has 31 aromatic rings. The largest absolute Gasteiger partial charge is 0.455 e. The Balaban J connectivity index is 0.000000102. The van der Waals surface area contributed by atoms with E-state index in [-0.39, 0.29) is 0 Å². The van der Waals surface area contributed by atoms with Crippen LogP contribution in [0.25, 0.3) is 285 Å². The van der Waals surface area contributed by atoms with Crippen LogP contribution in [0.15, 0.2) is 503 Å². The second-order valence-electron chi connectivity index (χ2n) is 36.7. The molecule has 0 spiro atoms. The third kappa shape index (κ3) is 12.8. The quantitative estimate of drug-likeness (QED) is 0.137. The first-order valence-electron chi connectivity index (χ1n) is 48.0. The maximum Gasteiger partial charge on any atom is 0.145 e. The lowest BCUT2D eigenvalue weighted by Crippen LogP contribution is -1.94. The molecule has 0 N–H and O–H groups in total. The highest BCUT2D eigenvalue weighted by Crippen LogP contribution is 2.50. The van der Waals surface area contributed by atoms with Crippen molar-refractivity contribution in [2.24, 2.45) is 0 Å². The Morgan fingerprint density at radius 1 is 0.149 bits per heavy atom. The molecule has 22 aromatic carbocycles. The minimum atomic E-state index is 0.908. The number of hydrogen-bond donors (Lipinski definition) is 0. The van der Waals surface area contributed by atoms with Crippen LogP contribution in [0.5, 0.6) is 0 Å². The molecule has 0 aliphatic heterocycles. The van der Waals surface area contributed by atoms with Gasteiger partial charge in [0.25, 0.3) is 0 Å². The van der Waals surface area contributed by atoms with Crippen molar-refractivity contribution in [3.05, 3.63) is 485 Å². The van der Waals surface area contributed by atoms with Crippen LogP contribution in [-0.4, -0.2) is 18.3 Å². The van der Waals surface area contributed by atoms with Gasteiger partial charge in [0, 0.05) is 119 Å². The molecule has 0 radical (unpaired) electrons. The summed E-state index contributed by atoms with van der Waals surface area (Å²) in [5, 5.41) is 21.3. The summed E-state index contributed by atoms with van der Waals surface area (Å²) in [4.78, 5) is 0. The number of nitrogens with zero attached hydrogens (tertiary/aromatic N) is 4. The molecule has 31 rings (SSSR count). The molecule has 0 amide bonds. The van der Waals surface area contributed by atoms with E-state index in [1.54, 1.807) is 0 Å². The Bertz CT molecular complexity index is 10100. The van der Waals surface area contributed by atoms with Gasteiger partial charge in [-0.1, -0.05) is 334 Å². The van der Waals surface area contributed by atoms with Gasteiger partial charge in [0.2, 0.25) is 0 Å². The first kappa shape index (κ1) is 79.8. The highest BCUT2D eigenvalue weighted by molar-refractivity contribution is 7.26. The molecule has 9 aromatic heterocycles. The number of benzene rings is 22. The van der Waals surface area contributed by atoms with E-state index in [2.05, 4.69) is 473 Å². The standard InChI is InChI=1S/C48H30N2O.C42H25NO2.C42H25NOS/c1-3-11-31(12-4-1)34-21-25-40-45(30-34)50(44-28-26-39-38-16-8-10-18-46(38)51-48(39)47(40)44)36-23-19-32(20-24-36)33-22-27-43-41(29-33)37-15-7-9-17-42(37)49(43)35-13-5-2-6-14-35;1-2-9-26(10-3-1)28-19-22-35-37(25-28)43(36-24-23-34-32-12-5-7-16-39(32)45-42(34)40(35)36)29-20-17-27(18-21-29)30-13-8-14-33-31-11-4-6-15-38(31)44-41(30)33;1-2-9-26(10-3-1)28-19-22-35-37(25-28)43(36-24-23-33-31-11-4-6-15-38(31)44-41(33)40(35)36)29-20-17-27(18-21-29)30-13-8-14-34-32-12-5-7-16-39(32)45-42(30)34/h1-30H;2*1-25H. The number of hydrogen-bond acceptors (Lipinski definition) is 5. The lowest BCUT2D eigenvalue weighted by Gasteiger charge is -2.11. The topological polar surface area (TPSA) is 72.3 Å². The van der Waals surface area contributed by atoms with Gasteiger partial charge in [0.1, 0.15) is 44.7 Å². The van der Waals surface area contributed by atoms with Gasteiger partial charge < -0.3 is 35.9 Å². The zero-order valence-electron chi connectivity index (χ0n) is 76.0. The summed E-state index contributed by atoms with van der Waals surface area (Å²) in [6.07, 6.45) is 0. The number of thiophene rings is 1. The molecule has 0 unspecified atom stereocenters. The van der Waals surface area contributed by atoms with E-state index in [1.165, 1.54) is 125 Å². The molecule has 0 saturated carbocycles. The highest BCUT2D eigenvalue weighted by Gasteiger charge is 2.27. The maximum atomic E-state index is 6.60. The highest BCUT2D eigenvalue weighted by atomic mass is 32.1. The van der Waals surface area contributed by atoms with Crippen LogP contribution < -0.4 is 0 Å². The van der Waals surface area contributed by atoms with E-state index < -0.39 is 0 Å². The summed E-state index contributed by atoms with van der Waals surface area (Å²) in [5.41, 5.74) is 35.4. The Morgan fingerprint density at radius 2 is 0.440 bits per heavy atom. The molecule has 9 heterocycles. The van der Waals surface area contributed by atoms with Gasteiger partial charge in [-0.3, -0.25) is 0 Å². The Hall–Kier alpha value is -18.5. The lowest BCUT2D eigenvalue weighted by atomic mass is 10.0. The minimum Gasteiger partial charge on any atom is -0.455 e. The monoisotopic (exact) mass is 1820 g/mol. The number of furan rings is 4. The van der Waals surface area contributed by atoms with E-state index in [0.29, 0.717) is 0 Å². The van der Waals surface area contributed by atoms with Crippen molar-refractivity contribution in [3.8, 4) is 89.5 Å². The summed E-state index contributed by atoms with van der Waals surface area (Å²) in [7, 11) is 0. The van der Waals surface area contributed by atoms with Crippen LogP contribution in [0.1, 0.15) is 0 Å². The lowest BCUT2D eigenvalue weighted by molar-refractivity contribution is 0.670. The van der Waals surface area contributed by atoms with Crippen LogP contribution in [0.3, 0.4) is 0 Å². The molecular formula is C132H80N4O4S. The molecule has 141 heavy (non-hydrogen) atoms. The number of aromatic nitrogens is 4. The average Bonchev–Trinajstić information content (AvgIpc) is 1.56. The van der Waals surface area contributed by atoms with Gasteiger partial charge in [-0.15, -0.1) is 11.3 Å². The van der Waals surface area contributed by atoms with Gasteiger partial charge in [0.05, 0.1) is 60.3 Å². The van der Waals surface area contributed by atoms with Gasteiger partial charge in [0.15, 0.2) is 0 Å². The zero-order chi connectivity index (χ0) is 92.4. The predicted molar refractivity (Wildman–Crippen MR) is 591 cm³/mol. The van der Waals surface area contributed by atoms with E-state index in [1.807, 2.05) is 41.7 Å². The SMILES string of the molecule is c1ccc(-c2ccc3c4c5oc6ccccc6c5ccc4n(-c4ccc(-c5ccc6c(c5)c5ccccc5n6-c5ccccc5)cc4)c3c2)cc1.c1ccc(-c2ccc3c4c5oc6ccccc6c5ccc4n(-c4ccc(-c5cccc6c5oc5ccccc56)cc4)c3c2)cc1.c1ccc(-c2ccc3c4c5oc6ccccc6c5ccc4n(-c4ccc(-c5cccc6c5sc5ccccc56)cc4)c3c2)cc1. The molecule has 0 saturated heterocycles. The fourth-order valence-corrected chi connectivity index (χ4v) is 23.7. The number of fused-ring (bicyclic) bond motifs is 30. The molecule has 0 atom stereocenters. The zero-order valence-corrected chi connectivity index (χ0v) is 76.8. The number of para-hydroxylation sites is 7. The first-order chi connectivity index (χ1) is 69.9. The third-order valence-electron chi connectivity index (χ3n) is 29.0. The van der Waals surface area contributed by atoms with Crippen LogP contribution in [0.2, 0.25) is 0 Å². The van der Waals surface area contributed by atoms with Gasteiger partial charge >= 0.3 is 0 Å². The summed E-state index contributed by atoms with van der Waals surface area (Å²) < 4.78 is 38.3. The summed E-state index contributed by atoms with van der Waals surface area (Å²) >= 11 is 1.88. The Kier molecular flexibility index (Phi) is 18.1. The van der Waals surface area contributed by atoms with E-state index in [9.17, 15) is 0 Å². The molecule has 0 aliphatic carbocycles. The van der Waals surface area contributed by atoms with E-state index in [4.69, 9.17) is 17.7 Å². The van der Waals surface area contributed by atoms with Crippen molar-refractivity contribution in [2.45, 2.75) is 0 Å². The molecule has 0 aliphatic rings. The van der Waals surface area contributed by atoms with Crippen molar-refractivity contribution in [1.82, 2.24) is 18.3 Å². The second kappa shape index (κ2) is 32.1. The summed E-state index contributed by atoms with van der Waals surface area (Å²) in [6.45, 7) is 0. The summed E-state index contributed by atoms with van der Waals surface area (Å²) in [6, 6.07) is 174. The molecule has 658 valence electrons. The van der Waals surface area contributed by atoms with E-state index >= 15 is 0 Å². The van der Waals surface area contributed by atoms with Gasteiger partial charge in [-0.2, -0.15) is 0 Å². The molecule has 0 bridgehead atoms. The van der Waals surface area contributed by atoms with Gasteiger partial charge in [-0.25, -0.2) is 0 Å². The van der Waals surface area contributed by atoms with E-state index in [0.717, 1.165) is 160 Å². The van der Waals surface area contributed by atoms with Crippen LogP contribution in [0.4, 0.5) is 0 Å².